The number of hydrogen-bond acceptors (Lipinski definition) is 5. The molecule has 7 heteroatoms. The van der Waals surface area contributed by atoms with E-state index in [2.05, 4.69) is 4.98 Å². The van der Waals surface area contributed by atoms with Gasteiger partial charge in [-0.2, -0.15) is 8.42 Å². The minimum absolute atomic E-state index is 0.0275. The predicted molar refractivity (Wildman–Crippen MR) is 78.1 cm³/mol. The van der Waals surface area contributed by atoms with Gasteiger partial charge in [-0.25, -0.2) is 4.98 Å². The maximum Gasteiger partial charge on any atom is 0.297 e. The minimum Gasteiger partial charge on any atom is -0.324 e. The van der Waals surface area contributed by atoms with Crippen LogP contribution in [0.1, 0.15) is 11.3 Å². The van der Waals surface area contributed by atoms with Crippen LogP contribution in [0.4, 0.5) is 0 Å². The SMILES string of the molecule is CSc1ncc(COS(=O)(=O)c2ccc(C)cc2)n1C. The average Bonchev–Trinajstić information content (AvgIpc) is 2.77. The lowest BCUT2D eigenvalue weighted by Crippen LogP contribution is -2.08. The molecule has 0 spiro atoms. The van der Waals surface area contributed by atoms with Crippen molar-refractivity contribution in [2.45, 2.75) is 23.6 Å². The fourth-order valence-electron chi connectivity index (χ4n) is 1.66. The number of hydrogen-bond donors (Lipinski definition) is 0. The zero-order valence-electron chi connectivity index (χ0n) is 11.5. The van der Waals surface area contributed by atoms with Crippen LogP contribution >= 0.6 is 11.8 Å². The largest absolute Gasteiger partial charge is 0.324 e. The van der Waals surface area contributed by atoms with E-state index in [9.17, 15) is 8.42 Å². The molecule has 0 N–H and O–H groups in total. The zero-order chi connectivity index (χ0) is 14.8. The molecule has 1 aromatic heterocycles. The lowest BCUT2D eigenvalue weighted by atomic mass is 10.2. The molecule has 1 heterocycles. The van der Waals surface area contributed by atoms with Gasteiger partial charge in [0.15, 0.2) is 5.16 Å². The normalized spacial score (nSPS) is 11.8. The van der Waals surface area contributed by atoms with E-state index >= 15 is 0 Å². The van der Waals surface area contributed by atoms with Gasteiger partial charge in [-0.15, -0.1) is 0 Å². The summed E-state index contributed by atoms with van der Waals surface area (Å²) in [6.45, 7) is 1.87. The third-order valence-electron chi connectivity index (χ3n) is 2.90. The van der Waals surface area contributed by atoms with Gasteiger partial charge in [0, 0.05) is 7.05 Å². The summed E-state index contributed by atoms with van der Waals surface area (Å²) in [6.07, 6.45) is 3.53. The van der Waals surface area contributed by atoms with Gasteiger partial charge in [0.05, 0.1) is 16.8 Å². The first-order chi connectivity index (χ1) is 9.44. The molecular formula is C13H16N2O3S2. The Morgan fingerprint density at radius 3 is 2.50 bits per heavy atom. The summed E-state index contributed by atoms with van der Waals surface area (Å²) in [5.74, 6) is 0. The van der Waals surface area contributed by atoms with Crippen LogP contribution in [0.15, 0.2) is 40.5 Å². The molecule has 20 heavy (non-hydrogen) atoms. The summed E-state index contributed by atoms with van der Waals surface area (Å²) >= 11 is 1.49. The highest BCUT2D eigenvalue weighted by Gasteiger charge is 2.16. The van der Waals surface area contributed by atoms with Crippen molar-refractivity contribution in [3.8, 4) is 0 Å². The third-order valence-corrected chi connectivity index (χ3v) is 4.92. The molecule has 0 unspecified atom stereocenters. The second-order valence-electron chi connectivity index (χ2n) is 4.32. The summed E-state index contributed by atoms with van der Waals surface area (Å²) < 4.78 is 31.0. The van der Waals surface area contributed by atoms with Gasteiger partial charge in [-0.05, 0) is 25.3 Å². The summed E-state index contributed by atoms with van der Waals surface area (Å²) in [5.41, 5.74) is 1.71. The Hall–Kier alpha value is -1.31. The number of nitrogens with zero attached hydrogens (tertiary/aromatic N) is 2. The Morgan fingerprint density at radius 1 is 1.30 bits per heavy atom. The maximum absolute atomic E-state index is 12.0. The van der Waals surface area contributed by atoms with E-state index in [-0.39, 0.29) is 11.5 Å². The molecule has 0 atom stereocenters. The molecule has 1 aromatic carbocycles. The highest BCUT2D eigenvalue weighted by atomic mass is 32.2. The average molecular weight is 312 g/mol. The Labute approximate surface area is 123 Å². The standard InChI is InChI=1S/C13H16N2O3S2/c1-10-4-6-12(7-5-10)20(16,17)18-9-11-8-14-13(19-3)15(11)2/h4-8H,9H2,1-3H3. The maximum atomic E-state index is 12.0. The lowest BCUT2D eigenvalue weighted by molar-refractivity contribution is 0.298. The Morgan fingerprint density at radius 2 is 1.95 bits per heavy atom. The number of thioether (sulfide) groups is 1. The van der Waals surface area contributed by atoms with Gasteiger partial charge in [0.1, 0.15) is 6.61 Å². The first-order valence-electron chi connectivity index (χ1n) is 5.95. The fraction of sp³-hybridized carbons (Fsp3) is 0.308. The van der Waals surface area contributed by atoms with E-state index in [4.69, 9.17) is 4.18 Å². The highest BCUT2D eigenvalue weighted by molar-refractivity contribution is 7.98. The highest BCUT2D eigenvalue weighted by Crippen LogP contribution is 2.18. The smallest absolute Gasteiger partial charge is 0.297 e. The molecule has 0 aliphatic carbocycles. The second kappa shape index (κ2) is 5.99. The summed E-state index contributed by atoms with van der Waals surface area (Å²) in [4.78, 5) is 4.33. The molecule has 0 amide bonds. The van der Waals surface area contributed by atoms with E-state index in [0.717, 1.165) is 10.7 Å². The van der Waals surface area contributed by atoms with Crippen LogP contribution in [-0.4, -0.2) is 24.2 Å². The van der Waals surface area contributed by atoms with Gasteiger partial charge < -0.3 is 4.57 Å². The zero-order valence-corrected chi connectivity index (χ0v) is 13.2. The van der Waals surface area contributed by atoms with Crippen molar-refractivity contribution in [1.82, 2.24) is 9.55 Å². The van der Waals surface area contributed by atoms with Gasteiger partial charge in [-0.1, -0.05) is 29.5 Å². The van der Waals surface area contributed by atoms with Crippen molar-refractivity contribution in [3.63, 3.8) is 0 Å². The molecule has 2 aromatic rings. The topological polar surface area (TPSA) is 61.2 Å². The summed E-state index contributed by atoms with van der Waals surface area (Å²) in [5, 5.41) is 0.816. The molecule has 0 aliphatic heterocycles. The monoisotopic (exact) mass is 312 g/mol. The predicted octanol–water partition coefficient (Wildman–Crippen LogP) is 2.36. The molecule has 0 aliphatic rings. The lowest BCUT2D eigenvalue weighted by Gasteiger charge is -2.07. The molecular weight excluding hydrogens is 296 g/mol. The van der Waals surface area contributed by atoms with Crippen molar-refractivity contribution in [2.24, 2.45) is 7.05 Å². The van der Waals surface area contributed by atoms with Crippen molar-refractivity contribution in [3.05, 3.63) is 41.7 Å². The first-order valence-corrected chi connectivity index (χ1v) is 8.58. The van der Waals surface area contributed by atoms with E-state index in [1.807, 2.05) is 24.8 Å². The fourth-order valence-corrected chi connectivity index (χ4v) is 3.09. The second-order valence-corrected chi connectivity index (χ2v) is 6.71. The Balaban J connectivity index is 2.13. The first kappa shape index (κ1) is 15.1. The number of aryl methyl sites for hydroxylation is 1. The summed E-state index contributed by atoms with van der Waals surface area (Å²) in [6, 6.07) is 6.57. The molecule has 5 nitrogen and oxygen atoms in total. The van der Waals surface area contributed by atoms with Crippen LogP contribution < -0.4 is 0 Å². The van der Waals surface area contributed by atoms with Crippen molar-refractivity contribution < 1.29 is 12.6 Å². The van der Waals surface area contributed by atoms with E-state index in [1.165, 1.54) is 11.8 Å². The van der Waals surface area contributed by atoms with E-state index in [1.54, 1.807) is 30.5 Å². The number of benzene rings is 1. The number of rotatable bonds is 5. The molecule has 0 saturated carbocycles. The number of aromatic nitrogens is 2. The Bertz CT molecular complexity index is 691. The van der Waals surface area contributed by atoms with Crippen LogP contribution in [0, 0.1) is 6.92 Å². The van der Waals surface area contributed by atoms with Crippen molar-refractivity contribution in [2.75, 3.05) is 6.26 Å². The third kappa shape index (κ3) is 3.23. The molecule has 0 radical (unpaired) electrons. The molecule has 0 bridgehead atoms. The van der Waals surface area contributed by atoms with Crippen LogP contribution in [0.2, 0.25) is 0 Å². The van der Waals surface area contributed by atoms with Gasteiger partial charge in [0.2, 0.25) is 0 Å². The van der Waals surface area contributed by atoms with Crippen LogP contribution in [0.5, 0.6) is 0 Å². The van der Waals surface area contributed by atoms with Gasteiger partial charge >= 0.3 is 0 Å². The van der Waals surface area contributed by atoms with E-state index in [0.29, 0.717) is 5.69 Å². The number of imidazole rings is 1. The van der Waals surface area contributed by atoms with Gasteiger partial charge in [0.25, 0.3) is 10.1 Å². The molecule has 108 valence electrons. The van der Waals surface area contributed by atoms with Crippen LogP contribution in [0.3, 0.4) is 0 Å². The van der Waals surface area contributed by atoms with Crippen LogP contribution in [-0.2, 0) is 28.0 Å². The van der Waals surface area contributed by atoms with Crippen molar-refractivity contribution >= 4 is 21.9 Å². The Kier molecular flexibility index (Phi) is 4.52. The quantitative estimate of drug-likeness (QED) is 0.626. The van der Waals surface area contributed by atoms with Crippen LogP contribution in [0.25, 0.3) is 0 Å². The molecule has 0 saturated heterocycles. The van der Waals surface area contributed by atoms with Crippen molar-refractivity contribution in [1.29, 1.82) is 0 Å². The van der Waals surface area contributed by atoms with Gasteiger partial charge in [-0.3, -0.25) is 4.18 Å². The summed E-state index contributed by atoms with van der Waals surface area (Å²) in [7, 11) is -1.91. The molecule has 0 fully saturated rings. The minimum atomic E-state index is -3.74. The molecule has 2 rings (SSSR count). The van der Waals surface area contributed by atoms with E-state index < -0.39 is 10.1 Å².